The first-order chi connectivity index (χ1) is 8.60. The number of aliphatic carboxylic acids is 1. The molecular formula is C11H17N3O3S. The molecule has 1 amide bonds. The summed E-state index contributed by atoms with van der Waals surface area (Å²) in [6.45, 7) is 2.58. The minimum Gasteiger partial charge on any atom is -0.480 e. The Bertz CT molecular complexity index is 371. The van der Waals surface area contributed by atoms with Crippen LogP contribution in [0.25, 0.3) is 0 Å². The molecule has 3 N–H and O–H groups in total. The van der Waals surface area contributed by atoms with E-state index in [1.165, 1.54) is 0 Å². The highest BCUT2D eigenvalue weighted by atomic mass is 32.1. The van der Waals surface area contributed by atoms with Crippen molar-refractivity contribution in [2.75, 3.05) is 12.3 Å². The Hall–Kier alpha value is -1.47. The number of hydrazine groups is 1. The minimum atomic E-state index is -1.09. The molecule has 18 heavy (non-hydrogen) atoms. The first-order valence-corrected chi connectivity index (χ1v) is 6.24. The average molecular weight is 271 g/mol. The van der Waals surface area contributed by atoms with Crippen LogP contribution in [0.5, 0.6) is 0 Å². The second kappa shape index (κ2) is 7.07. The molecule has 1 heterocycles. The SMILES string of the molecule is CCNN1C=CC=CC1C(=O)N[C@@H](CS)C(=O)O. The van der Waals surface area contributed by atoms with E-state index in [1.807, 2.05) is 6.92 Å². The zero-order chi connectivity index (χ0) is 13.5. The average Bonchev–Trinajstić information content (AvgIpc) is 2.36. The van der Waals surface area contributed by atoms with E-state index >= 15 is 0 Å². The third-order valence-corrected chi connectivity index (χ3v) is 2.72. The number of carboxylic acids is 1. The molecule has 0 aromatic heterocycles. The summed E-state index contributed by atoms with van der Waals surface area (Å²) in [5, 5.41) is 12.9. The molecule has 0 aliphatic carbocycles. The van der Waals surface area contributed by atoms with Gasteiger partial charge in [0.05, 0.1) is 0 Å². The van der Waals surface area contributed by atoms with Crippen molar-refractivity contribution in [3.8, 4) is 0 Å². The van der Waals surface area contributed by atoms with Crippen LogP contribution in [-0.4, -0.2) is 46.4 Å². The molecule has 6 nitrogen and oxygen atoms in total. The lowest BCUT2D eigenvalue weighted by Crippen LogP contribution is -2.53. The summed E-state index contributed by atoms with van der Waals surface area (Å²) in [5.74, 6) is -1.42. The van der Waals surface area contributed by atoms with Gasteiger partial charge in [-0.15, -0.1) is 0 Å². The van der Waals surface area contributed by atoms with E-state index in [-0.39, 0.29) is 11.7 Å². The summed E-state index contributed by atoms with van der Waals surface area (Å²) in [6.07, 6.45) is 6.95. The van der Waals surface area contributed by atoms with E-state index in [2.05, 4.69) is 23.4 Å². The predicted molar refractivity (Wildman–Crippen MR) is 71.0 cm³/mol. The van der Waals surface area contributed by atoms with Crippen LogP contribution in [0.4, 0.5) is 0 Å². The van der Waals surface area contributed by atoms with Crippen molar-refractivity contribution in [1.29, 1.82) is 0 Å². The van der Waals surface area contributed by atoms with Crippen LogP contribution in [0.2, 0.25) is 0 Å². The summed E-state index contributed by atoms with van der Waals surface area (Å²) in [5.41, 5.74) is 3.00. The number of carboxylic acid groups (broad SMARTS) is 1. The number of thiol groups is 1. The van der Waals surface area contributed by atoms with Crippen molar-refractivity contribution in [2.24, 2.45) is 0 Å². The molecule has 0 bridgehead atoms. The van der Waals surface area contributed by atoms with Gasteiger partial charge in [0, 0.05) is 18.5 Å². The van der Waals surface area contributed by atoms with Gasteiger partial charge in [0.25, 0.3) is 0 Å². The quantitative estimate of drug-likeness (QED) is 0.502. The van der Waals surface area contributed by atoms with E-state index in [4.69, 9.17) is 5.11 Å². The van der Waals surface area contributed by atoms with Gasteiger partial charge < -0.3 is 10.4 Å². The van der Waals surface area contributed by atoms with Gasteiger partial charge in [0.15, 0.2) is 0 Å². The monoisotopic (exact) mass is 271 g/mol. The van der Waals surface area contributed by atoms with Gasteiger partial charge in [-0.05, 0) is 6.08 Å². The van der Waals surface area contributed by atoms with Crippen molar-refractivity contribution < 1.29 is 14.7 Å². The maximum absolute atomic E-state index is 12.0. The fourth-order valence-electron chi connectivity index (χ4n) is 1.49. The molecule has 0 saturated heterocycles. The zero-order valence-corrected chi connectivity index (χ0v) is 10.9. The van der Waals surface area contributed by atoms with Crippen LogP contribution in [0, 0.1) is 0 Å². The topological polar surface area (TPSA) is 81.7 Å². The smallest absolute Gasteiger partial charge is 0.327 e. The number of hydrogen-bond donors (Lipinski definition) is 4. The van der Waals surface area contributed by atoms with Gasteiger partial charge in [-0.25, -0.2) is 10.2 Å². The van der Waals surface area contributed by atoms with Gasteiger partial charge in [0.1, 0.15) is 12.1 Å². The maximum Gasteiger partial charge on any atom is 0.327 e. The molecular weight excluding hydrogens is 254 g/mol. The number of rotatable bonds is 6. The highest BCUT2D eigenvalue weighted by Crippen LogP contribution is 2.06. The normalized spacial score (nSPS) is 19.7. The first-order valence-electron chi connectivity index (χ1n) is 5.61. The molecule has 2 atom stereocenters. The van der Waals surface area contributed by atoms with E-state index < -0.39 is 18.1 Å². The molecule has 100 valence electrons. The number of amides is 1. The lowest BCUT2D eigenvalue weighted by Gasteiger charge is -2.30. The predicted octanol–water partition coefficient (Wildman–Crippen LogP) is -0.236. The van der Waals surface area contributed by atoms with E-state index in [1.54, 1.807) is 29.4 Å². The number of allylic oxidation sites excluding steroid dienone is 2. The number of nitrogens with one attached hydrogen (secondary N) is 2. The largest absolute Gasteiger partial charge is 0.480 e. The molecule has 1 unspecified atom stereocenters. The summed E-state index contributed by atoms with van der Waals surface area (Å²) >= 11 is 3.90. The van der Waals surface area contributed by atoms with Crippen molar-refractivity contribution in [3.05, 3.63) is 24.4 Å². The van der Waals surface area contributed by atoms with Crippen molar-refractivity contribution in [3.63, 3.8) is 0 Å². The van der Waals surface area contributed by atoms with Crippen molar-refractivity contribution >= 4 is 24.5 Å². The van der Waals surface area contributed by atoms with E-state index in [0.29, 0.717) is 6.54 Å². The van der Waals surface area contributed by atoms with Gasteiger partial charge in [-0.3, -0.25) is 9.80 Å². The Morgan fingerprint density at radius 2 is 2.22 bits per heavy atom. The zero-order valence-electron chi connectivity index (χ0n) is 10.0. The summed E-state index contributed by atoms with van der Waals surface area (Å²) in [6, 6.07) is -1.54. The number of nitrogens with zero attached hydrogens (tertiary/aromatic N) is 1. The van der Waals surface area contributed by atoms with Crippen LogP contribution < -0.4 is 10.7 Å². The lowest BCUT2D eigenvalue weighted by atomic mass is 10.2. The van der Waals surface area contributed by atoms with Crippen LogP contribution in [-0.2, 0) is 9.59 Å². The van der Waals surface area contributed by atoms with E-state index in [0.717, 1.165) is 0 Å². The van der Waals surface area contributed by atoms with Crippen molar-refractivity contribution in [2.45, 2.75) is 19.0 Å². The fraction of sp³-hybridized carbons (Fsp3) is 0.455. The van der Waals surface area contributed by atoms with Gasteiger partial charge >= 0.3 is 5.97 Å². The molecule has 7 heteroatoms. The highest BCUT2D eigenvalue weighted by Gasteiger charge is 2.26. The Morgan fingerprint density at radius 1 is 1.50 bits per heavy atom. The number of carbonyl (C=O) groups is 2. The molecule has 1 rings (SSSR count). The molecule has 1 aliphatic rings. The van der Waals surface area contributed by atoms with Crippen LogP contribution in [0.1, 0.15) is 6.92 Å². The van der Waals surface area contributed by atoms with Gasteiger partial charge in [0.2, 0.25) is 5.91 Å². The first kappa shape index (κ1) is 14.6. The standard InChI is InChI=1S/C11H17N3O3S/c1-2-12-14-6-4-3-5-9(14)10(15)13-8(7-18)11(16)17/h3-6,8-9,12,18H,2,7H2,1H3,(H,13,15)(H,16,17)/t8-,9?/m0/s1. The van der Waals surface area contributed by atoms with Crippen LogP contribution in [0.15, 0.2) is 24.4 Å². The third-order valence-electron chi connectivity index (χ3n) is 2.36. The molecule has 0 spiro atoms. The second-order valence-electron chi connectivity index (χ2n) is 3.67. The number of carbonyl (C=O) groups excluding carboxylic acids is 1. The van der Waals surface area contributed by atoms with Crippen LogP contribution in [0.3, 0.4) is 0 Å². The summed E-state index contributed by atoms with van der Waals surface area (Å²) in [7, 11) is 0. The second-order valence-corrected chi connectivity index (χ2v) is 4.04. The molecule has 0 saturated carbocycles. The Kier molecular flexibility index (Phi) is 5.73. The fourth-order valence-corrected chi connectivity index (χ4v) is 1.73. The maximum atomic E-state index is 12.0. The lowest BCUT2D eigenvalue weighted by molar-refractivity contribution is -0.141. The Labute approximate surface area is 111 Å². The summed E-state index contributed by atoms with van der Waals surface area (Å²) in [4.78, 5) is 22.8. The van der Waals surface area contributed by atoms with Gasteiger partial charge in [-0.2, -0.15) is 12.6 Å². The third kappa shape index (κ3) is 3.78. The molecule has 1 aliphatic heterocycles. The van der Waals surface area contributed by atoms with Crippen LogP contribution >= 0.6 is 12.6 Å². The van der Waals surface area contributed by atoms with E-state index in [9.17, 15) is 9.59 Å². The Morgan fingerprint density at radius 3 is 2.78 bits per heavy atom. The molecule has 0 aromatic carbocycles. The van der Waals surface area contributed by atoms with Crippen molar-refractivity contribution in [1.82, 2.24) is 15.8 Å². The molecule has 0 radical (unpaired) electrons. The molecule has 0 fully saturated rings. The highest BCUT2D eigenvalue weighted by molar-refractivity contribution is 7.80. The summed E-state index contributed by atoms with van der Waals surface area (Å²) < 4.78 is 0. The minimum absolute atomic E-state index is 0.0502. The Balaban J connectivity index is 2.67. The molecule has 0 aromatic rings. The van der Waals surface area contributed by atoms with Gasteiger partial charge in [-0.1, -0.05) is 19.1 Å². The number of hydrogen-bond acceptors (Lipinski definition) is 5.